The van der Waals surface area contributed by atoms with Gasteiger partial charge in [0.1, 0.15) is 0 Å². The van der Waals surface area contributed by atoms with E-state index in [1.54, 1.807) is 6.19 Å². The van der Waals surface area contributed by atoms with Crippen LogP contribution in [0, 0.1) is 11.5 Å². The summed E-state index contributed by atoms with van der Waals surface area (Å²) in [5.41, 5.74) is 0. The van der Waals surface area contributed by atoms with Crippen LogP contribution in [0.15, 0.2) is 4.99 Å². The van der Waals surface area contributed by atoms with Crippen LogP contribution in [0.3, 0.4) is 0 Å². The molecule has 0 aliphatic carbocycles. The number of amidine groups is 1. The highest BCUT2D eigenvalue weighted by Crippen LogP contribution is 2.02. The SMILES string of the molecule is CCCN(C)C(=NC#N)SC. The fourth-order valence-corrected chi connectivity index (χ4v) is 1.30. The minimum atomic E-state index is 0.786. The Hall–Kier alpha value is -0.690. The molecule has 0 aliphatic heterocycles. The Morgan fingerprint density at radius 1 is 1.73 bits per heavy atom. The first kappa shape index (κ1) is 10.3. The Balaban J connectivity index is 4.05. The molecule has 0 heterocycles. The van der Waals surface area contributed by atoms with Crippen LogP contribution in [-0.4, -0.2) is 29.9 Å². The van der Waals surface area contributed by atoms with Gasteiger partial charge in [-0.2, -0.15) is 5.26 Å². The fraction of sp³-hybridized carbons (Fsp3) is 0.714. The molecule has 0 bridgehead atoms. The second kappa shape index (κ2) is 6.05. The van der Waals surface area contributed by atoms with Gasteiger partial charge in [-0.1, -0.05) is 18.7 Å². The highest BCUT2D eigenvalue weighted by atomic mass is 32.2. The summed E-state index contributed by atoms with van der Waals surface area (Å²) in [7, 11) is 1.94. The van der Waals surface area contributed by atoms with Crippen molar-refractivity contribution in [1.29, 1.82) is 5.26 Å². The van der Waals surface area contributed by atoms with E-state index in [0.717, 1.165) is 18.1 Å². The third-order valence-corrected chi connectivity index (χ3v) is 1.98. The third-order valence-electron chi connectivity index (χ3n) is 1.21. The maximum Gasteiger partial charge on any atom is 0.208 e. The molecule has 0 saturated heterocycles. The van der Waals surface area contributed by atoms with Gasteiger partial charge in [-0.15, -0.1) is 4.99 Å². The van der Waals surface area contributed by atoms with E-state index in [2.05, 4.69) is 11.9 Å². The molecule has 0 aliphatic rings. The Morgan fingerprint density at radius 2 is 2.36 bits per heavy atom. The molecule has 0 atom stereocenters. The van der Waals surface area contributed by atoms with Crippen LogP contribution < -0.4 is 0 Å². The van der Waals surface area contributed by atoms with Crippen LogP contribution in [-0.2, 0) is 0 Å². The number of nitrogens with zero attached hydrogens (tertiary/aromatic N) is 3. The number of aliphatic imine (C=N–C) groups is 1. The minimum Gasteiger partial charge on any atom is -0.354 e. The average molecular weight is 171 g/mol. The summed E-state index contributed by atoms with van der Waals surface area (Å²) in [5.74, 6) is 0. The number of hydrogen-bond acceptors (Lipinski definition) is 3. The van der Waals surface area contributed by atoms with Crippen molar-refractivity contribution in [2.24, 2.45) is 4.99 Å². The molecule has 0 spiro atoms. The molecule has 0 aromatic rings. The lowest BCUT2D eigenvalue weighted by Gasteiger charge is -2.16. The second-order valence-corrected chi connectivity index (χ2v) is 2.89. The zero-order valence-electron chi connectivity index (χ0n) is 7.16. The minimum absolute atomic E-state index is 0.786. The summed E-state index contributed by atoms with van der Waals surface area (Å²) < 4.78 is 0. The van der Waals surface area contributed by atoms with E-state index in [4.69, 9.17) is 5.26 Å². The monoisotopic (exact) mass is 171 g/mol. The summed E-state index contributed by atoms with van der Waals surface area (Å²) in [4.78, 5) is 5.65. The lowest BCUT2D eigenvalue weighted by molar-refractivity contribution is 0.510. The predicted octanol–water partition coefficient (Wildman–Crippen LogP) is 1.53. The van der Waals surface area contributed by atoms with Crippen LogP contribution in [0.4, 0.5) is 0 Å². The molecule has 0 N–H and O–H groups in total. The third kappa shape index (κ3) is 3.89. The van der Waals surface area contributed by atoms with Crippen molar-refractivity contribution in [3.05, 3.63) is 0 Å². The van der Waals surface area contributed by atoms with E-state index < -0.39 is 0 Å². The summed E-state index contributed by atoms with van der Waals surface area (Å²) >= 11 is 1.50. The molecular weight excluding hydrogens is 158 g/mol. The van der Waals surface area contributed by atoms with Gasteiger partial charge in [0.05, 0.1) is 0 Å². The number of rotatable bonds is 2. The Labute approximate surface area is 72.1 Å². The van der Waals surface area contributed by atoms with Crippen molar-refractivity contribution >= 4 is 16.9 Å². The smallest absolute Gasteiger partial charge is 0.208 e. The maximum absolute atomic E-state index is 8.31. The van der Waals surface area contributed by atoms with Crippen molar-refractivity contribution in [3.8, 4) is 6.19 Å². The average Bonchev–Trinajstić information content (AvgIpc) is 2.00. The number of thioether (sulfide) groups is 1. The van der Waals surface area contributed by atoms with Gasteiger partial charge in [-0.05, 0) is 12.7 Å². The quantitative estimate of drug-likeness (QED) is 0.359. The van der Waals surface area contributed by atoms with Gasteiger partial charge >= 0.3 is 0 Å². The first-order valence-electron chi connectivity index (χ1n) is 3.48. The maximum atomic E-state index is 8.31. The number of nitriles is 1. The van der Waals surface area contributed by atoms with Crippen molar-refractivity contribution < 1.29 is 0 Å². The van der Waals surface area contributed by atoms with Crippen LogP contribution in [0.5, 0.6) is 0 Å². The molecule has 0 aromatic heterocycles. The summed E-state index contributed by atoms with van der Waals surface area (Å²) in [6.45, 7) is 3.04. The topological polar surface area (TPSA) is 39.4 Å². The molecule has 0 rings (SSSR count). The van der Waals surface area contributed by atoms with Gasteiger partial charge < -0.3 is 4.90 Å². The van der Waals surface area contributed by atoms with E-state index in [1.807, 2.05) is 18.2 Å². The van der Waals surface area contributed by atoms with Crippen LogP contribution >= 0.6 is 11.8 Å². The van der Waals surface area contributed by atoms with E-state index in [1.165, 1.54) is 11.8 Å². The van der Waals surface area contributed by atoms with E-state index in [-0.39, 0.29) is 0 Å². The Kier molecular flexibility index (Phi) is 5.67. The highest BCUT2D eigenvalue weighted by Gasteiger charge is 2.01. The summed E-state index contributed by atoms with van der Waals surface area (Å²) in [6, 6.07) is 0. The van der Waals surface area contributed by atoms with E-state index in [0.29, 0.717) is 0 Å². The molecule has 11 heavy (non-hydrogen) atoms. The van der Waals surface area contributed by atoms with Crippen LogP contribution in [0.1, 0.15) is 13.3 Å². The van der Waals surface area contributed by atoms with Crippen LogP contribution in [0.2, 0.25) is 0 Å². The zero-order chi connectivity index (χ0) is 8.69. The van der Waals surface area contributed by atoms with E-state index in [9.17, 15) is 0 Å². The van der Waals surface area contributed by atoms with Gasteiger partial charge in [0.25, 0.3) is 0 Å². The molecular formula is C7H13N3S. The summed E-state index contributed by atoms with van der Waals surface area (Å²) in [5, 5.41) is 9.09. The molecule has 4 heteroatoms. The number of hydrogen-bond donors (Lipinski definition) is 0. The first-order chi connectivity index (χ1) is 5.26. The van der Waals surface area contributed by atoms with Gasteiger partial charge in [0, 0.05) is 13.6 Å². The van der Waals surface area contributed by atoms with E-state index >= 15 is 0 Å². The van der Waals surface area contributed by atoms with Crippen molar-refractivity contribution in [2.45, 2.75) is 13.3 Å². The van der Waals surface area contributed by atoms with Crippen molar-refractivity contribution in [1.82, 2.24) is 4.90 Å². The lowest BCUT2D eigenvalue weighted by Crippen LogP contribution is -2.24. The second-order valence-electron chi connectivity index (χ2n) is 2.12. The molecule has 62 valence electrons. The molecule has 0 aromatic carbocycles. The zero-order valence-corrected chi connectivity index (χ0v) is 7.98. The fourth-order valence-electron chi connectivity index (χ4n) is 0.761. The molecule has 0 fully saturated rings. The van der Waals surface area contributed by atoms with Gasteiger partial charge in [0.15, 0.2) is 5.17 Å². The highest BCUT2D eigenvalue weighted by molar-refractivity contribution is 8.13. The molecule has 0 radical (unpaired) electrons. The predicted molar refractivity (Wildman–Crippen MR) is 49.5 cm³/mol. The molecule has 0 amide bonds. The van der Waals surface area contributed by atoms with Gasteiger partial charge in [-0.3, -0.25) is 0 Å². The largest absolute Gasteiger partial charge is 0.354 e. The van der Waals surface area contributed by atoms with Gasteiger partial charge in [0.2, 0.25) is 6.19 Å². The molecule has 3 nitrogen and oxygen atoms in total. The normalized spacial score (nSPS) is 10.9. The Bertz CT molecular complexity index is 171. The van der Waals surface area contributed by atoms with Crippen LogP contribution in [0.25, 0.3) is 0 Å². The standard InChI is InChI=1S/C7H13N3S/c1-4-5-10(2)7(11-3)9-6-8/h4-5H2,1-3H3. The van der Waals surface area contributed by atoms with Crippen molar-refractivity contribution in [2.75, 3.05) is 19.8 Å². The lowest BCUT2D eigenvalue weighted by atomic mass is 10.5. The molecule has 0 saturated carbocycles. The summed E-state index contributed by atoms with van der Waals surface area (Å²) in [6.07, 6.45) is 4.77. The van der Waals surface area contributed by atoms with Gasteiger partial charge in [-0.25, -0.2) is 0 Å². The first-order valence-corrected chi connectivity index (χ1v) is 4.70. The molecule has 0 unspecified atom stereocenters. The Morgan fingerprint density at radius 3 is 2.73 bits per heavy atom. The van der Waals surface area contributed by atoms with Crippen molar-refractivity contribution in [3.63, 3.8) is 0 Å².